The molecule has 118 valence electrons. The molecule has 0 amide bonds. The molecule has 0 aromatic heterocycles. The van der Waals surface area contributed by atoms with Crippen LogP contribution < -0.4 is 5.73 Å². The third-order valence-electron chi connectivity index (χ3n) is 5.51. The van der Waals surface area contributed by atoms with Crippen LogP contribution in [0.4, 0.5) is 0 Å². The molecule has 0 bridgehead atoms. The first-order valence-electron chi connectivity index (χ1n) is 8.13. The van der Waals surface area contributed by atoms with E-state index in [1.54, 1.807) is 0 Å². The lowest BCUT2D eigenvalue weighted by Gasteiger charge is -2.47. The summed E-state index contributed by atoms with van der Waals surface area (Å²) in [6, 6.07) is 0.652. The lowest BCUT2D eigenvalue weighted by Crippen LogP contribution is -2.58. The van der Waals surface area contributed by atoms with Crippen molar-refractivity contribution in [1.29, 1.82) is 0 Å². The van der Waals surface area contributed by atoms with Crippen molar-refractivity contribution in [2.75, 3.05) is 40.3 Å². The largest absolute Gasteiger partial charge is 0.378 e. The second-order valence-electron chi connectivity index (χ2n) is 7.45. The van der Waals surface area contributed by atoms with Gasteiger partial charge in [0.2, 0.25) is 0 Å². The average Bonchev–Trinajstić information content (AvgIpc) is 2.81. The van der Waals surface area contributed by atoms with E-state index >= 15 is 0 Å². The van der Waals surface area contributed by atoms with E-state index in [-0.39, 0.29) is 5.54 Å². The topological polar surface area (TPSA) is 41.7 Å². The second-order valence-corrected chi connectivity index (χ2v) is 7.45. The molecule has 2 fully saturated rings. The van der Waals surface area contributed by atoms with Crippen molar-refractivity contribution in [3.63, 3.8) is 0 Å². The fourth-order valence-corrected chi connectivity index (χ4v) is 3.97. The molecule has 2 saturated heterocycles. The van der Waals surface area contributed by atoms with E-state index < -0.39 is 0 Å². The Labute approximate surface area is 124 Å². The maximum absolute atomic E-state index is 6.24. The van der Waals surface area contributed by atoms with Crippen molar-refractivity contribution < 1.29 is 4.74 Å². The molecular formula is C16H33N3O. The van der Waals surface area contributed by atoms with Gasteiger partial charge in [0.25, 0.3) is 0 Å². The molecule has 2 N–H and O–H groups in total. The molecule has 0 radical (unpaired) electrons. The quantitative estimate of drug-likeness (QED) is 0.847. The molecular weight excluding hydrogens is 250 g/mol. The smallest absolute Gasteiger partial charge is 0.0616 e. The van der Waals surface area contributed by atoms with Gasteiger partial charge in [-0.15, -0.1) is 0 Å². The molecule has 2 heterocycles. The van der Waals surface area contributed by atoms with Gasteiger partial charge in [0.05, 0.1) is 6.10 Å². The summed E-state index contributed by atoms with van der Waals surface area (Å²) in [4.78, 5) is 5.04. The lowest BCUT2D eigenvalue weighted by molar-refractivity contribution is -0.0835. The van der Waals surface area contributed by atoms with E-state index in [9.17, 15) is 0 Å². The summed E-state index contributed by atoms with van der Waals surface area (Å²) in [6.45, 7) is 10.8. The van der Waals surface area contributed by atoms with E-state index in [4.69, 9.17) is 10.5 Å². The zero-order valence-electron chi connectivity index (χ0n) is 13.9. The van der Waals surface area contributed by atoms with Crippen molar-refractivity contribution in [3.05, 3.63) is 0 Å². The van der Waals surface area contributed by atoms with E-state index in [1.165, 1.54) is 6.54 Å². The number of likely N-dealkylation sites (N-methyl/N-ethyl adjacent to an activating group) is 1. The predicted octanol–water partition coefficient (Wildman–Crippen LogP) is 1.40. The van der Waals surface area contributed by atoms with Gasteiger partial charge in [0.1, 0.15) is 0 Å². The number of likely N-dealkylation sites (tertiary alicyclic amines) is 1. The van der Waals surface area contributed by atoms with Crippen LogP contribution in [0.25, 0.3) is 0 Å². The Morgan fingerprint density at radius 2 is 2.05 bits per heavy atom. The van der Waals surface area contributed by atoms with Crippen LogP contribution in [-0.4, -0.2) is 67.8 Å². The molecule has 0 saturated carbocycles. The zero-order chi connectivity index (χ0) is 14.9. The van der Waals surface area contributed by atoms with Gasteiger partial charge in [-0.05, 0) is 38.8 Å². The number of hydrogen-bond acceptors (Lipinski definition) is 4. The number of ether oxygens (including phenoxy) is 1. The Morgan fingerprint density at radius 3 is 2.55 bits per heavy atom. The minimum atomic E-state index is 0.159. The van der Waals surface area contributed by atoms with Gasteiger partial charge >= 0.3 is 0 Å². The lowest BCUT2D eigenvalue weighted by atomic mass is 9.82. The number of nitrogens with two attached hydrogens (primary N) is 1. The van der Waals surface area contributed by atoms with Gasteiger partial charge in [-0.1, -0.05) is 20.8 Å². The molecule has 4 heteroatoms. The van der Waals surface area contributed by atoms with Crippen LogP contribution in [0.1, 0.15) is 33.6 Å². The fourth-order valence-electron chi connectivity index (χ4n) is 3.97. The molecule has 4 nitrogen and oxygen atoms in total. The fraction of sp³-hybridized carbons (Fsp3) is 1.00. The highest BCUT2D eigenvalue weighted by molar-refractivity contribution is 5.02. The van der Waals surface area contributed by atoms with E-state index in [2.05, 4.69) is 44.7 Å². The van der Waals surface area contributed by atoms with Crippen LogP contribution in [-0.2, 0) is 4.74 Å². The van der Waals surface area contributed by atoms with Gasteiger partial charge in [-0.3, -0.25) is 4.90 Å². The normalized spacial score (nSPS) is 39.9. The van der Waals surface area contributed by atoms with E-state index in [0.29, 0.717) is 24.0 Å². The van der Waals surface area contributed by atoms with Crippen LogP contribution in [0.5, 0.6) is 0 Å². The minimum Gasteiger partial charge on any atom is -0.378 e. The number of hydrogen-bond donors (Lipinski definition) is 1. The molecule has 0 aliphatic carbocycles. The molecule has 20 heavy (non-hydrogen) atoms. The molecule has 4 unspecified atom stereocenters. The SMILES string of the molecule is CC(C)C1CC(CN)(N2CC(C)C(N(C)C)C2)CCO1. The summed E-state index contributed by atoms with van der Waals surface area (Å²) in [5.74, 6) is 1.29. The van der Waals surface area contributed by atoms with Crippen molar-refractivity contribution in [1.82, 2.24) is 9.80 Å². The van der Waals surface area contributed by atoms with E-state index in [0.717, 1.165) is 32.5 Å². The highest BCUT2D eigenvalue weighted by atomic mass is 16.5. The van der Waals surface area contributed by atoms with Crippen molar-refractivity contribution in [3.8, 4) is 0 Å². The minimum absolute atomic E-state index is 0.159. The molecule has 4 atom stereocenters. The summed E-state index contributed by atoms with van der Waals surface area (Å²) in [5, 5.41) is 0. The molecule has 2 aliphatic rings. The maximum atomic E-state index is 6.24. The molecule has 0 aromatic rings. The average molecular weight is 283 g/mol. The van der Waals surface area contributed by atoms with Gasteiger partial charge < -0.3 is 15.4 Å². The van der Waals surface area contributed by atoms with Crippen molar-refractivity contribution >= 4 is 0 Å². The Bertz CT molecular complexity index is 321. The van der Waals surface area contributed by atoms with Gasteiger partial charge in [0.15, 0.2) is 0 Å². The Morgan fingerprint density at radius 1 is 1.35 bits per heavy atom. The maximum Gasteiger partial charge on any atom is 0.0616 e. The van der Waals surface area contributed by atoms with Crippen LogP contribution in [0.2, 0.25) is 0 Å². The second kappa shape index (κ2) is 6.30. The number of rotatable bonds is 4. The van der Waals surface area contributed by atoms with Crippen LogP contribution in [0, 0.1) is 11.8 Å². The highest BCUT2D eigenvalue weighted by Gasteiger charge is 2.46. The Balaban J connectivity index is 2.11. The first-order valence-corrected chi connectivity index (χ1v) is 8.13. The summed E-state index contributed by atoms with van der Waals surface area (Å²) < 4.78 is 5.96. The van der Waals surface area contributed by atoms with Gasteiger partial charge in [-0.2, -0.15) is 0 Å². The van der Waals surface area contributed by atoms with Gasteiger partial charge in [-0.25, -0.2) is 0 Å². The number of nitrogens with zero attached hydrogens (tertiary/aromatic N) is 2. The van der Waals surface area contributed by atoms with Crippen LogP contribution in [0.3, 0.4) is 0 Å². The molecule has 2 rings (SSSR count). The predicted molar refractivity (Wildman–Crippen MR) is 83.8 cm³/mol. The summed E-state index contributed by atoms with van der Waals surface area (Å²) in [5.41, 5.74) is 6.40. The van der Waals surface area contributed by atoms with Crippen molar-refractivity contribution in [2.24, 2.45) is 17.6 Å². The summed E-state index contributed by atoms with van der Waals surface area (Å²) in [6.07, 6.45) is 2.54. The first kappa shape index (κ1) is 16.2. The van der Waals surface area contributed by atoms with E-state index in [1.807, 2.05) is 0 Å². The monoisotopic (exact) mass is 283 g/mol. The molecule has 0 aromatic carbocycles. The summed E-state index contributed by atoms with van der Waals surface area (Å²) in [7, 11) is 4.39. The highest BCUT2D eigenvalue weighted by Crippen LogP contribution is 2.37. The third-order valence-corrected chi connectivity index (χ3v) is 5.51. The van der Waals surface area contributed by atoms with Crippen molar-refractivity contribution in [2.45, 2.75) is 51.3 Å². The van der Waals surface area contributed by atoms with Crippen LogP contribution in [0.15, 0.2) is 0 Å². The Kier molecular flexibility index (Phi) is 5.11. The molecule has 0 spiro atoms. The first-order chi connectivity index (χ1) is 9.39. The summed E-state index contributed by atoms with van der Waals surface area (Å²) >= 11 is 0. The molecule has 2 aliphatic heterocycles. The zero-order valence-corrected chi connectivity index (χ0v) is 13.9. The van der Waals surface area contributed by atoms with Crippen LogP contribution >= 0.6 is 0 Å². The Hall–Kier alpha value is -0.160. The third kappa shape index (κ3) is 3.03. The van der Waals surface area contributed by atoms with Gasteiger partial charge in [0, 0.05) is 37.8 Å². The standard InChI is InChI=1S/C16H33N3O/c1-12(2)15-8-16(11-17,6-7-20-15)19-9-13(3)14(10-19)18(4)5/h12-15H,6-11,17H2,1-5H3.